The number of benzene rings is 2. The lowest BCUT2D eigenvalue weighted by Gasteiger charge is -2.09. The molecule has 3 nitrogen and oxygen atoms in total. The van der Waals surface area contributed by atoms with Crippen molar-refractivity contribution in [3.05, 3.63) is 54.1 Å². The maximum absolute atomic E-state index is 12.0. The van der Waals surface area contributed by atoms with Gasteiger partial charge in [0.2, 0.25) is 0 Å². The van der Waals surface area contributed by atoms with E-state index in [9.17, 15) is 18.0 Å². The van der Waals surface area contributed by atoms with E-state index in [0.717, 1.165) is 11.1 Å². The Morgan fingerprint density at radius 2 is 1.46 bits per heavy atom. The Balaban J connectivity index is 0.00000288. The number of ether oxygens (including phenoxy) is 1. The minimum absolute atomic E-state index is 0. The van der Waals surface area contributed by atoms with Crippen molar-refractivity contribution in [2.24, 2.45) is 0 Å². The highest BCUT2D eigenvalue weighted by Crippen LogP contribution is 2.24. The third kappa shape index (κ3) is 6.12. The van der Waals surface area contributed by atoms with Crippen LogP contribution in [0.25, 0.3) is 11.1 Å². The summed E-state index contributed by atoms with van der Waals surface area (Å²) in [5.41, 5.74) is 1.92. The van der Waals surface area contributed by atoms with Gasteiger partial charge in [0, 0.05) is 6.42 Å². The van der Waals surface area contributed by atoms with Gasteiger partial charge in [0.15, 0.2) is 0 Å². The van der Waals surface area contributed by atoms with Gasteiger partial charge in [-0.05, 0) is 41.8 Å². The molecule has 2 aromatic carbocycles. The maximum atomic E-state index is 12.0. The van der Waals surface area contributed by atoms with Gasteiger partial charge in [-0.2, -0.15) is 13.2 Å². The van der Waals surface area contributed by atoms with Gasteiger partial charge in [-0.1, -0.05) is 24.3 Å². The number of rotatable bonds is 6. The lowest BCUT2D eigenvalue weighted by molar-refractivity contribution is -0.136. The molecule has 0 aromatic heterocycles. The molecular weight excluding hydrogens is 345 g/mol. The van der Waals surface area contributed by atoms with E-state index in [1.165, 1.54) is 12.1 Å². The van der Waals surface area contributed by atoms with Gasteiger partial charge >= 0.3 is 12.1 Å². The van der Waals surface area contributed by atoms with Crippen LogP contribution < -0.4 is 4.74 Å². The van der Waals surface area contributed by atoms with E-state index in [1.54, 1.807) is 36.4 Å². The van der Waals surface area contributed by atoms with Crippen LogP contribution in [0.2, 0.25) is 0 Å². The van der Waals surface area contributed by atoms with Gasteiger partial charge in [-0.25, -0.2) is 4.79 Å². The highest BCUT2D eigenvalue weighted by atomic mass is 35.5. The second-order valence-electron chi connectivity index (χ2n) is 4.97. The molecule has 0 saturated carbocycles. The first-order chi connectivity index (χ1) is 10.8. The average molecular weight is 361 g/mol. The zero-order valence-corrected chi connectivity index (χ0v) is 13.4. The largest absolute Gasteiger partial charge is 0.494 e. The minimum atomic E-state index is -4.16. The van der Waals surface area contributed by atoms with Crippen molar-refractivity contribution < 1.29 is 27.8 Å². The van der Waals surface area contributed by atoms with Crippen LogP contribution in [-0.4, -0.2) is 23.9 Å². The monoisotopic (exact) mass is 360 g/mol. The second kappa shape index (κ2) is 8.59. The van der Waals surface area contributed by atoms with E-state index in [0.29, 0.717) is 5.75 Å². The fourth-order valence-electron chi connectivity index (χ4n) is 2.01. The zero-order valence-electron chi connectivity index (χ0n) is 12.5. The summed E-state index contributed by atoms with van der Waals surface area (Å²) >= 11 is 0. The molecule has 1 N–H and O–H groups in total. The standard InChI is InChI=1S/C17H15F3O3.ClH/c18-17(19,20)10-1-11-23-15-8-6-13(7-9-15)12-2-4-14(5-3-12)16(21)22;/h2-9H,1,10-11H2,(H,21,22);1H. The fourth-order valence-corrected chi connectivity index (χ4v) is 2.01. The summed E-state index contributed by atoms with van der Waals surface area (Å²) < 4.78 is 41.3. The van der Waals surface area contributed by atoms with Crippen LogP contribution in [0.3, 0.4) is 0 Å². The van der Waals surface area contributed by atoms with Crippen molar-refractivity contribution in [2.75, 3.05) is 6.61 Å². The normalized spacial score (nSPS) is 10.8. The fraction of sp³-hybridized carbons (Fsp3) is 0.235. The molecule has 0 heterocycles. The molecule has 0 unspecified atom stereocenters. The third-order valence-electron chi connectivity index (χ3n) is 3.19. The molecule has 0 bridgehead atoms. The van der Waals surface area contributed by atoms with Crippen molar-refractivity contribution in [3.8, 4) is 16.9 Å². The molecule has 130 valence electrons. The van der Waals surface area contributed by atoms with Crippen molar-refractivity contribution in [1.82, 2.24) is 0 Å². The zero-order chi connectivity index (χ0) is 16.9. The van der Waals surface area contributed by atoms with E-state index >= 15 is 0 Å². The summed E-state index contributed by atoms with van der Waals surface area (Å²) in [5, 5.41) is 8.85. The van der Waals surface area contributed by atoms with Crippen LogP contribution in [0.15, 0.2) is 48.5 Å². The molecule has 0 amide bonds. The van der Waals surface area contributed by atoms with Crippen LogP contribution in [-0.2, 0) is 0 Å². The lowest BCUT2D eigenvalue weighted by Crippen LogP contribution is -2.09. The Morgan fingerprint density at radius 3 is 1.92 bits per heavy atom. The average Bonchev–Trinajstić information content (AvgIpc) is 2.51. The lowest BCUT2D eigenvalue weighted by atomic mass is 10.0. The van der Waals surface area contributed by atoms with E-state index < -0.39 is 18.6 Å². The van der Waals surface area contributed by atoms with Gasteiger partial charge in [0.1, 0.15) is 5.75 Å². The van der Waals surface area contributed by atoms with Gasteiger partial charge in [-0.3, -0.25) is 0 Å². The SMILES string of the molecule is Cl.O=C(O)c1ccc(-c2ccc(OCCCC(F)(F)F)cc2)cc1. The molecule has 0 spiro atoms. The molecule has 2 aromatic rings. The Bertz CT molecular complexity index is 652. The summed E-state index contributed by atoms with van der Waals surface area (Å²) in [5.74, 6) is -0.489. The van der Waals surface area contributed by atoms with Gasteiger partial charge in [-0.15, -0.1) is 12.4 Å². The molecule has 0 aliphatic heterocycles. The smallest absolute Gasteiger partial charge is 0.389 e. The Kier molecular flexibility index (Phi) is 7.10. The number of carboxylic acids is 1. The molecule has 0 saturated heterocycles. The van der Waals surface area contributed by atoms with Crippen molar-refractivity contribution in [2.45, 2.75) is 19.0 Å². The molecule has 24 heavy (non-hydrogen) atoms. The van der Waals surface area contributed by atoms with Crippen molar-refractivity contribution >= 4 is 18.4 Å². The number of aromatic carboxylic acids is 1. The van der Waals surface area contributed by atoms with Gasteiger partial charge < -0.3 is 9.84 Å². The van der Waals surface area contributed by atoms with E-state index in [2.05, 4.69) is 0 Å². The van der Waals surface area contributed by atoms with E-state index in [4.69, 9.17) is 9.84 Å². The van der Waals surface area contributed by atoms with E-state index in [-0.39, 0.29) is 31.0 Å². The summed E-state index contributed by atoms with van der Waals surface area (Å²) in [7, 11) is 0. The number of carbonyl (C=O) groups is 1. The predicted octanol–water partition coefficient (Wildman–Crippen LogP) is 5.19. The molecule has 2 rings (SSSR count). The number of halogens is 4. The predicted molar refractivity (Wildman–Crippen MR) is 86.9 cm³/mol. The van der Waals surface area contributed by atoms with Gasteiger partial charge in [0.05, 0.1) is 12.2 Å². The Hall–Kier alpha value is -2.21. The van der Waals surface area contributed by atoms with Crippen LogP contribution in [0.1, 0.15) is 23.2 Å². The molecule has 0 aliphatic carbocycles. The number of carboxylic acid groups (broad SMARTS) is 1. The molecule has 7 heteroatoms. The third-order valence-corrected chi connectivity index (χ3v) is 3.19. The van der Waals surface area contributed by atoms with Crippen molar-refractivity contribution in [1.29, 1.82) is 0 Å². The van der Waals surface area contributed by atoms with E-state index in [1.807, 2.05) is 0 Å². The summed E-state index contributed by atoms with van der Waals surface area (Å²) in [4.78, 5) is 10.8. The highest BCUT2D eigenvalue weighted by Gasteiger charge is 2.26. The topological polar surface area (TPSA) is 46.5 Å². The first-order valence-corrected chi connectivity index (χ1v) is 6.98. The van der Waals surface area contributed by atoms with Crippen molar-refractivity contribution in [3.63, 3.8) is 0 Å². The molecule has 0 atom stereocenters. The summed E-state index contributed by atoms with van der Waals surface area (Å²) in [6.45, 7) is 0.00612. The summed E-state index contributed by atoms with van der Waals surface area (Å²) in [6.07, 6.45) is -5.10. The highest BCUT2D eigenvalue weighted by molar-refractivity contribution is 5.88. The number of hydrogen-bond donors (Lipinski definition) is 1. The molecule has 0 fully saturated rings. The molecule has 0 radical (unpaired) electrons. The minimum Gasteiger partial charge on any atom is -0.494 e. The maximum Gasteiger partial charge on any atom is 0.389 e. The van der Waals surface area contributed by atoms with Crippen LogP contribution in [0.5, 0.6) is 5.75 Å². The van der Waals surface area contributed by atoms with Crippen LogP contribution in [0.4, 0.5) is 13.2 Å². The van der Waals surface area contributed by atoms with Crippen LogP contribution >= 0.6 is 12.4 Å². The summed E-state index contributed by atoms with van der Waals surface area (Å²) in [6, 6.07) is 13.3. The first-order valence-electron chi connectivity index (χ1n) is 6.98. The molecular formula is C17H16ClF3O3. The Labute approximate surface area is 143 Å². The molecule has 0 aliphatic rings. The first kappa shape index (κ1) is 19.8. The number of alkyl halides is 3. The van der Waals surface area contributed by atoms with Crippen LogP contribution in [0, 0.1) is 0 Å². The Morgan fingerprint density at radius 1 is 0.958 bits per heavy atom. The number of hydrogen-bond acceptors (Lipinski definition) is 2. The van der Waals surface area contributed by atoms with Gasteiger partial charge in [0.25, 0.3) is 0 Å². The quantitative estimate of drug-likeness (QED) is 0.721. The second-order valence-corrected chi connectivity index (χ2v) is 4.97.